The highest BCUT2D eigenvalue weighted by Gasteiger charge is 2.16. The lowest BCUT2D eigenvalue weighted by Crippen LogP contribution is -2.13. The molecule has 0 fully saturated rings. The average molecular weight is 390 g/mol. The van der Waals surface area contributed by atoms with Crippen LogP contribution >= 0.6 is 11.6 Å². The zero-order chi connectivity index (χ0) is 18.6. The number of hydrogen-bond donors (Lipinski definition) is 2. The van der Waals surface area contributed by atoms with Gasteiger partial charge in [-0.2, -0.15) is 0 Å². The number of hydrogen-bond acceptors (Lipinski definition) is 5. The maximum atomic E-state index is 12.5. The second kappa shape index (κ2) is 7.63. The zero-order valence-corrected chi connectivity index (χ0v) is 15.4. The van der Waals surface area contributed by atoms with Crippen LogP contribution in [0, 0.1) is 0 Å². The summed E-state index contributed by atoms with van der Waals surface area (Å²) in [6.07, 6.45) is 1.44. The maximum absolute atomic E-state index is 12.5. The monoisotopic (exact) mass is 389 g/mol. The van der Waals surface area contributed by atoms with Gasteiger partial charge in [0.05, 0.1) is 28.9 Å². The van der Waals surface area contributed by atoms with E-state index in [0.29, 0.717) is 17.3 Å². The fourth-order valence-corrected chi connectivity index (χ4v) is 3.62. The van der Waals surface area contributed by atoms with Crippen LogP contribution in [0.1, 0.15) is 0 Å². The molecule has 0 radical (unpaired) electrons. The number of nitrogens with one attached hydrogen (secondary N) is 2. The van der Waals surface area contributed by atoms with Crippen LogP contribution in [0.3, 0.4) is 0 Å². The van der Waals surface area contributed by atoms with Gasteiger partial charge in [0.1, 0.15) is 11.6 Å². The third-order valence-corrected chi connectivity index (χ3v) is 5.17. The number of anilines is 3. The lowest BCUT2D eigenvalue weighted by atomic mass is 10.3. The molecule has 0 aliphatic carbocycles. The molecule has 0 unspecified atom stereocenters. The van der Waals surface area contributed by atoms with Gasteiger partial charge in [-0.05, 0) is 42.5 Å². The summed E-state index contributed by atoms with van der Waals surface area (Å²) in [5.74, 6) is 1.01. The summed E-state index contributed by atoms with van der Waals surface area (Å²) in [6.45, 7) is 0. The molecule has 1 aromatic heterocycles. The van der Waals surface area contributed by atoms with Crippen LogP contribution in [-0.2, 0) is 10.0 Å². The van der Waals surface area contributed by atoms with Gasteiger partial charge in [0.2, 0.25) is 0 Å². The van der Waals surface area contributed by atoms with E-state index in [2.05, 4.69) is 15.0 Å². The Balaban J connectivity index is 1.74. The molecule has 0 amide bonds. The van der Waals surface area contributed by atoms with Gasteiger partial charge >= 0.3 is 0 Å². The smallest absolute Gasteiger partial charge is 0.261 e. The van der Waals surface area contributed by atoms with Crippen LogP contribution in [0.4, 0.5) is 17.2 Å². The number of sulfonamides is 1. The van der Waals surface area contributed by atoms with E-state index in [9.17, 15) is 8.42 Å². The molecule has 3 rings (SSSR count). The fraction of sp³-hybridized carbons (Fsp3) is 0.0556. The van der Waals surface area contributed by atoms with Crippen LogP contribution in [0.15, 0.2) is 71.8 Å². The van der Waals surface area contributed by atoms with Gasteiger partial charge in [-0.15, -0.1) is 0 Å². The van der Waals surface area contributed by atoms with Crippen molar-refractivity contribution in [2.45, 2.75) is 4.90 Å². The molecule has 0 bridgehead atoms. The van der Waals surface area contributed by atoms with Crippen molar-refractivity contribution in [2.75, 3.05) is 17.1 Å². The van der Waals surface area contributed by atoms with E-state index in [1.165, 1.54) is 31.5 Å². The van der Waals surface area contributed by atoms with E-state index in [1.807, 2.05) is 30.3 Å². The summed E-state index contributed by atoms with van der Waals surface area (Å²) < 4.78 is 32.5. The Morgan fingerprint density at radius 2 is 1.77 bits per heavy atom. The molecule has 0 aliphatic rings. The quantitative estimate of drug-likeness (QED) is 0.657. The number of para-hydroxylation sites is 1. The normalized spacial score (nSPS) is 11.0. The summed E-state index contributed by atoms with van der Waals surface area (Å²) in [7, 11) is -2.32. The number of methoxy groups -OCH3 is 1. The molecule has 0 saturated carbocycles. The SMILES string of the molecule is COc1ccc(S(=O)(=O)Nc2ccc(Nc3ccccc3)nc2)cc1Cl. The van der Waals surface area contributed by atoms with E-state index in [1.54, 1.807) is 12.1 Å². The first-order valence-electron chi connectivity index (χ1n) is 7.62. The van der Waals surface area contributed by atoms with Gasteiger partial charge in [0.25, 0.3) is 10.0 Å². The van der Waals surface area contributed by atoms with Crippen molar-refractivity contribution in [1.29, 1.82) is 0 Å². The molecule has 0 aliphatic heterocycles. The first-order valence-corrected chi connectivity index (χ1v) is 9.48. The number of pyridine rings is 1. The van der Waals surface area contributed by atoms with Crippen molar-refractivity contribution in [3.8, 4) is 5.75 Å². The summed E-state index contributed by atoms with van der Waals surface area (Å²) in [6, 6.07) is 17.1. The Bertz CT molecular complexity index is 994. The topological polar surface area (TPSA) is 80.3 Å². The number of ether oxygens (including phenoxy) is 1. The van der Waals surface area contributed by atoms with Crippen molar-refractivity contribution >= 4 is 38.8 Å². The Hall–Kier alpha value is -2.77. The van der Waals surface area contributed by atoms with Crippen LogP contribution in [0.25, 0.3) is 0 Å². The van der Waals surface area contributed by atoms with E-state index in [-0.39, 0.29) is 9.92 Å². The molecule has 3 aromatic rings. The molecule has 8 heteroatoms. The van der Waals surface area contributed by atoms with E-state index < -0.39 is 10.0 Å². The first-order chi connectivity index (χ1) is 12.5. The van der Waals surface area contributed by atoms with Crippen LogP contribution in [-0.4, -0.2) is 20.5 Å². The fourth-order valence-electron chi connectivity index (χ4n) is 2.23. The molecular formula is C18H16ClN3O3S. The van der Waals surface area contributed by atoms with Crippen molar-refractivity contribution in [2.24, 2.45) is 0 Å². The molecule has 134 valence electrons. The van der Waals surface area contributed by atoms with E-state index in [0.717, 1.165) is 5.69 Å². The molecule has 2 N–H and O–H groups in total. The summed E-state index contributed by atoms with van der Waals surface area (Å²) in [4.78, 5) is 4.25. The number of nitrogens with zero attached hydrogens (tertiary/aromatic N) is 1. The average Bonchev–Trinajstić information content (AvgIpc) is 2.64. The highest BCUT2D eigenvalue weighted by molar-refractivity contribution is 7.92. The molecular weight excluding hydrogens is 374 g/mol. The summed E-state index contributed by atoms with van der Waals surface area (Å²) in [5.41, 5.74) is 1.23. The largest absolute Gasteiger partial charge is 0.495 e. The van der Waals surface area contributed by atoms with Gasteiger partial charge in [-0.3, -0.25) is 4.72 Å². The van der Waals surface area contributed by atoms with E-state index >= 15 is 0 Å². The van der Waals surface area contributed by atoms with Gasteiger partial charge in [-0.1, -0.05) is 29.8 Å². The summed E-state index contributed by atoms with van der Waals surface area (Å²) in [5, 5.41) is 3.34. The van der Waals surface area contributed by atoms with Crippen molar-refractivity contribution in [3.63, 3.8) is 0 Å². The van der Waals surface area contributed by atoms with Crippen LogP contribution in [0.5, 0.6) is 5.75 Å². The molecule has 2 aromatic carbocycles. The number of aromatic nitrogens is 1. The predicted octanol–water partition coefficient (Wildman–Crippen LogP) is 4.29. The maximum Gasteiger partial charge on any atom is 0.261 e. The number of rotatable bonds is 6. The van der Waals surface area contributed by atoms with Gasteiger partial charge in [0, 0.05) is 5.69 Å². The third-order valence-electron chi connectivity index (χ3n) is 3.50. The summed E-state index contributed by atoms with van der Waals surface area (Å²) >= 11 is 6.00. The van der Waals surface area contributed by atoms with Gasteiger partial charge < -0.3 is 10.1 Å². The van der Waals surface area contributed by atoms with E-state index in [4.69, 9.17) is 16.3 Å². The van der Waals surface area contributed by atoms with Crippen molar-refractivity contribution in [3.05, 3.63) is 71.9 Å². The number of halogens is 1. The lowest BCUT2D eigenvalue weighted by molar-refractivity contribution is 0.414. The molecule has 26 heavy (non-hydrogen) atoms. The minimum atomic E-state index is -3.78. The predicted molar refractivity (Wildman–Crippen MR) is 103 cm³/mol. The Kier molecular flexibility index (Phi) is 5.29. The Morgan fingerprint density at radius 3 is 2.38 bits per heavy atom. The second-order valence-electron chi connectivity index (χ2n) is 5.32. The van der Waals surface area contributed by atoms with Crippen LogP contribution in [0.2, 0.25) is 5.02 Å². The third kappa shape index (κ3) is 4.25. The lowest BCUT2D eigenvalue weighted by Gasteiger charge is -2.10. The van der Waals surface area contributed by atoms with Crippen molar-refractivity contribution in [1.82, 2.24) is 4.98 Å². The minimum absolute atomic E-state index is 0.0368. The number of benzene rings is 2. The Labute approximate surface area is 156 Å². The first kappa shape index (κ1) is 18.0. The zero-order valence-electron chi connectivity index (χ0n) is 13.8. The molecule has 0 spiro atoms. The standard InChI is InChI=1S/C18H16ClN3O3S/c1-25-17-9-8-15(11-16(17)19)26(23,24)22-14-7-10-18(20-12-14)21-13-5-3-2-4-6-13/h2-12,22H,1H3,(H,20,21). The Morgan fingerprint density at radius 1 is 1.00 bits per heavy atom. The highest BCUT2D eigenvalue weighted by Crippen LogP contribution is 2.28. The second-order valence-corrected chi connectivity index (χ2v) is 7.41. The molecule has 0 atom stereocenters. The molecule has 1 heterocycles. The molecule has 0 saturated heterocycles. The molecule has 6 nitrogen and oxygen atoms in total. The minimum Gasteiger partial charge on any atom is -0.495 e. The van der Waals surface area contributed by atoms with Gasteiger partial charge in [0.15, 0.2) is 0 Å². The van der Waals surface area contributed by atoms with Crippen molar-refractivity contribution < 1.29 is 13.2 Å². The van der Waals surface area contributed by atoms with Gasteiger partial charge in [-0.25, -0.2) is 13.4 Å². The highest BCUT2D eigenvalue weighted by atomic mass is 35.5. The van der Waals surface area contributed by atoms with Crippen LogP contribution < -0.4 is 14.8 Å².